The Morgan fingerprint density at radius 2 is 2.41 bits per heavy atom. The maximum atomic E-state index is 11.6. The topological polar surface area (TPSA) is 67.0 Å². The second-order valence-electron chi connectivity index (χ2n) is 4.58. The van der Waals surface area contributed by atoms with Crippen molar-refractivity contribution in [2.24, 2.45) is 0 Å². The summed E-state index contributed by atoms with van der Waals surface area (Å²) in [5.41, 5.74) is -0.534. The first kappa shape index (κ1) is 13.1. The number of carbonyl (C=O) groups excluding carboxylic acids is 1. The number of carbonyl (C=O) groups is 1. The molecule has 1 aromatic heterocycles. The molecule has 0 saturated carbocycles. The number of ether oxygens (including phenoxy) is 1. The number of nitrogens with zero attached hydrogens (tertiary/aromatic N) is 1. The monoisotopic (exact) mass is 235 g/mol. The minimum absolute atomic E-state index is 0.354. The summed E-state index contributed by atoms with van der Waals surface area (Å²) in [7, 11) is 0. The molecular weight excluding hydrogens is 218 g/mol. The molecule has 0 saturated heterocycles. The molecule has 0 radical (unpaired) electrons. The van der Waals surface area contributed by atoms with Crippen molar-refractivity contribution in [2.75, 3.05) is 0 Å². The molecule has 0 spiro atoms. The van der Waals surface area contributed by atoms with Crippen molar-refractivity contribution in [3.8, 4) is 12.3 Å². The van der Waals surface area contributed by atoms with Crippen LogP contribution >= 0.6 is 0 Å². The molecule has 1 heterocycles. The number of hydrogen-bond donors (Lipinski definition) is 2. The maximum absolute atomic E-state index is 11.6. The number of hydrogen-bond acceptors (Lipinski definition) is 3. The maximum Gasteiger partial charge on any atom is 0.408 e. The van der Waals surface area contributed by atoms with Gasteiger partial charge in [-0.3, -0.25) is 0 Å². The van der Waals surface area contributed by atoms with Gasteiger partial charge < -0.3 is 15.0 Å². The molecule has 1 aromatic rings. The Morgan fingerprint density at radius 3 is 2.88 bits per heavy atom. The normalized spacial score (nSPS) is 12.6. The lowest BCUT2D eigenvalue weighted by Gasteiger charge is -2.22. The van der Waals surface area contributed by atoms with Crippen molar-refractivity contribution in [3.05, 3.63) is 18.2 Å². The van der Waals surface area contributed by atoms with Gasteiger partial charge in [-0.25, -0.2) is 9.78 Å². The minimum Gasteiger partial charge on any atom is -0.444 e. The molecule has 0 aliphatic rings. The van der Waals surface area contributed by atoms with Crippen LogP contribution in [0.15, 0.2) is 12.4 Å². The lowest BCUT2D eigenvalue weighted by molar-refractivity contribution is 0.0502. The molecule has 1 rings (SSSR count). The molecule has 0 fully saturated rings. The zero-order valence-electron chi connectivity index (χ0n) is 10.3. The molecule has 1 atom stereocenters. The Hall–Kier alpha value is -1.96. The summed E-state index contributed by atoms with van der Waals surface area (Å²) in [6.07, 6.45) is 8.39. The number of aromatic nitrogens is 2. The van der Waals surface area contributed by atoms with Gasteiger partial charge in [0.2, 0.25) is 0 Å². The van der Waals surface area contributed by atoms with Crippen molar-refractivity contribution in [2.45, 2.75) is 38.8 Å². The summed E-state index contributed by atoms with van der Waals surface area (Å²) >= 11 is 0. The first-order valence-corrected chi connectivity index (χ1v) is 5.34. The van der Waals surface area contributed by atoms with Crippen LogP contribution in [0.4, 0.5) is 4.79 Å². The average molecular weight is 235 g/mol. The summed E-state index contributed by atoms with van der Waals surface area (Å²) in [6.45, 7) is 5.40. The van der Waals surface area contributed by atoms with E-state index in [1.54, 1.807) is 33.2 Å². The largest absolute Gasteiger partial charge is 0.444 e. The molecule has 1 amide bonds. The van der Waals surface area contributed by atoms with Crippen molar-refractivity contribution < 1.29 is 9.53 Å². The van der Waals surface area contributed by atoms with Crippen molar-refractivity contribution in [3.63, 3.8) is 0 Å². The fourth-order valence-electron chi connectivity index (χ4n) is 1.25. The van der Waals surface area contributed by atoms with Gasteiger partial charge >= 0.3 is 6.09 Å². The number of aromatic amines is 1. The Morgan fingerprint density at radius 1 is 1.71 bits per heavy atom. The number of rotatable bonds is 3. The summed E-state index contributed by atoms with van der Waals surface area (Å²) in [6, 6.07) is -0.357. The highest BCUT2D eigenvalue weighted by molar-refractivity contribution is 5.68. The van der Waals surface area contributed by atoms with Crippen LogP contribution in [0.25, 0.3) is 0 Å². The number of imidazole rings is 1. The molecule has 2 N–H and O–H groups in total. The van der Waals surface area contributed by atoms with Crippen LogP contribution in [0, 0.1) is 12.3 Å². The molecule has 17 heavy (non-hydrogen) atoms. The number of H-pyrrole nitrogens is 1. The van der Waals surface area contributed by atoms with Crippen molar-refractivity contribution in [1.82, 2.24) is 15.3 Å². The number of amides is 1. The first-order valence-electron chi connectivity index (χ1n) is 5.34. The van der Waals surface area contributed by atoms with Crippen LogP contribution in [0.3, 0.4) is 0 Å². The van der Waals surface area contributed by atoms with Gasteiger partial charge in [0.25, 0.3) is 0 Å². The van der Waals surface area contributed by atoms with E-state index in [2.05, 4.69) is 21.2 Å². The van der Waals surface area contributed by atoms with E-state index < -0.39 is 11.7 Å². The van der Waals surface area contributed by atoms with Gasteiger partial charge in [-0.1, -0.05) is 0 Å². The van der Waals surface area contributed by atoms with Gasteiger partial charge in [0.1, 0.15) is 17.5 Å². The molecule has 0 aliphatic heterocycles. The highest BCUT2D eigenvalue weighted by Crippen LogP contribution is 2.13. The predicted molar refractivity (Wildman–Crippen MR) is 64.1 cm³/mol. The minimum atomic E-state index is -0.534. The smallest absolute Gasteiger partial charge is 0.408 e. The van der Waals surface area contributed by atoms with E-state index in [9.17, 15) is 4.79 Å². The van der Waals surface area contributed by atoms with E-state index in [-0.39, 0.29) is 6.04 Å². The molecule has 5 nitrogen and oxygen atoms in total. The molecule has 92 valence electrons. The summed E-state index contributed by atoms with van der Waals surface area (Å²) < 4.78 is 5.15. The van der Waals surface area contributed by atoms with E-state index >= 15 is 0 Å². The Labute approximate surface area is 101 Å². The van der Waals surface area contributed by atoms with Crippen LogP contribution < -0.4 is 5.32 Å². The second-order valence-corrected chi connectivity index (χ2v) is 4.58. The van der Waals surface area contributed by atoms with Gasteiger partial charge in [-0.2, -0.15) is 0 Å². The van der Waals surface area contributed by atoms with E-state index in [0.29, 0.717) is 12.2 Å². The molecule has 0 bridgehead atoms. The Kier molecular flexibility index (Phi) is 4.16. The van der Waals surface area contributed by atoms with Gasteiger partial charge in [-0.15, -0.1) is 12.3 Å². The Bertz CT molecular complexity index is 398. The average Bonchev–Trinajstić information content (AvgIpc) is 2.66. The van der Waals surface area contributed by atoms with Gasteiger partial charge in [0.05, 0.1) is 0 Å². The van der Waals surface area contributed by atoms with Crippen LogP contribution in [-0.2, 0) is 4.74 Å². The van der Waals surface area contributed by atoms with Crippen LogP contribution in [0.2, 0.25) is 0 Å². The lowest BCUT2D eigenvalue weighted by Crippen LogP contribution is -2.35. The van der Waals surface area contributed by atoms with E-state index in [1.807, 2.05) is 0 Å². The van der Waals surface area contributed by atoms with Crippen molar-refractivity contribution in [1.29, 1.82) is 0 Å². The number of alkyl carbamates (subject to hydrolysis) is 1. The Balaban J connectivity index is 2.63. The van der Waals surface area contributed by atoms with Crippen LogP contribution in [-0.4, -0.2) is 21.7 Å². The SMILES string of the molecule is C#CCC(NC(=O)OC(C)(C)C)c1ncc[nH]1. The zero-order chi connectivity index (χ0) is 12.9. The van der Waals surface area contributed by atoms with Gasteiger partial charge in [0.15, 0.2) is 0 Å². The van der Waals surface area contributed by atoms with Gasteiger partial charge in [0, 0.05) is 18.8 Å². The fourth-order valence-corrected chi connectivity index (χ4v) is 1.25. The van der Waals surface area contributed by atoms with E-state index in [4.69, 9.17) is 11.2 Å². The summed E-state index contributed by atoms with van der Waals surface area (Å²) in [4.78, 5) is 18.6. The summed E-state index contributed by atoms with van der Waals surface area (Å²) in [5, 5.41) is 2.68. The second kappa shape index (κ2) is 5.39. The highest BCUT2D eigenvalue weighted by Gasteiger charge is 2.21. The first-order chi connectivity index (χ1) is 7.92. The standard InChI is InChI=1S/C12H17N3O2/c1-5-6-9(10-13-7-8-14-10)15-11(16)17-12(2,3)4/h1,7-9H,6H2,2-4H3,(H,13,14)(H,15,16). The lowest BCUT2D eigenvalue weighted by atomic mass is 10.2. The third-order valence-electron chi connectivity index (χ3n) is 1.86. The summed E-state index contributed by atoms with van der Waals surface area (Å²) in [5.74, 6) is 3.11. The number of nitrogens with one attached hydrogen (secondary N) is 2. The molecular formula is C12H17N3O2. The zero-order valence-corrected chi connectivity index (χ0v) is 10.3. The molecule has 0 aliphatic carbocycles. The van der Waals surface area contributed by atoms with Crippen molar-refractivity contribution >= 4 is 6.09 Å². The van der Waals surface area contributed by atoms with E-state index in [0.717, 1.165) is 0 Å². The molecule has 1 unspecified atom stereocenters. The van der Waals surface area contributed by atoms with E-state index in [1.165, 1.54) is 0 Å². The fraction of sp³-hybridized carbons (Fsp3) is 0.500. The predicted octanol–water partition coefficient (Wildman–Crippen LogP) is 2.00. The quantitative estimate of drug-likeness (QED) is 0.787. The molecule has 5 heteroatoms. The van der Waals surface area contributed by atoms with Crippen LogP contribution in [0.5, 0.6) is 0 Å². The third kappa shape index (κ3) is 4.60. The van der Waals surface area contributed by atoms with Crippen LogP contribution in [0.1, 0.15) is 39.1 Å². The number of terminal acetylenes is 1. The highest BCUT2D eigenvalue weighted by atomic mass is 16.6. The third-order valence-corrected chi connectivity index (χ3v) is 1.86. The van der Waals surface area contributed by atoms with Gasteiger partial charge in [-0.05, 0) is 20.8 Å². The molecule has 0 aromatic carbocycles.